The number of piperidine rings is 1. The molecule has 0 radical (unpaired) electrons. The van der Waals surface area contributed by atoms with E-state index in [1.807, 2.05) is 24.3 Å². The third-order valence-electron chi connectivity index (χ3n) is 7.71. The minimum absolute atomic E-state index is 0.303. The first-order valence-electron chi connectivity index (χ1n) is 13.6. The smallest absolute Gasteiger partial charge is 0.453 e. The molecule has 1 aliphatic carbocycles. The summed E-state index contributed by atoms with van der Waals surface area (Å²) in [5, 5.41) is 3.40. The van der Waals surface area contributed by atoms with Crippen LogP contribution in [0.15, 0.2) is 52.2 Å². The number of hydrogen-bond donors (Lipinski definition) is 1. The average molecular weight is 639 g/mol. The Morgan fingerprint density at radius 2 is 1.98 bits per heavy atom. The van der Waals surface area contributed by atoms with Gasteiger partial charge in [-0.1, -0.05) is 18.2 Å². The third kappa shape index (κ3) is 6.08. The molecule has 1 saturated carbocycles. The van der Waals surface area contributed by atoms with Crippen molar-refractivity contribution in [3.05, 3.63) is 52.9 Å². The number of ether oxygens (including phenoxy) is 1. The molecule has 4 heterocycles. The topological polar surface area (TPSA) is 95.6 Å². The Hall–Kier alpha value is -2.94. The second-order valence-corrected chi connectivity index (χ2v) is 15.2. The molecule has 6 rings (SSSR count). The number of carbonyl (C=O) groups is 1. The molecule has 42 heavy (non-hydrogen) atoms. The Morgan fingerprint density at radius 1 is 1.21 bits per heavy atom. The molecule has 0 unspecified atom stereocenters. The highest BCUT2D eigenvalue weighted by molar-refractivity contribution is 7.94. The molecule has 1 N–H and O–H groups in total. The van der Waals surface area contributed by atoms with E-state index in [0.717, 1.165) is 39.3 Å². The fourth-order valence-corrected chi connectivity index (χ4v) is 8.72. The first-order chi connectivity index (χ1) is 19.9. The Morgan fingerprint density at radius 3 is 2.64 bits per heavy atom. The van der Waals surface area contributed by atoms with Gasteiger partial charge in [0, 0.05) is 42.6 Å². The molecule has 224 valence electrons. The Balaban J connectivity index is 1.18. The number of sulfonamides is 1. The van der Waals surface area contributed by atoms with E-state index in [1.165, 1.54) is 27.0 Å². The van der Waals surface area contributed by atoms with Gasteiger partial charge in [-0.25, -0.2) is 18.2 Å². The molecule has 0 amide bonds. The standard InChI is InChI=1S/C28H29F3N4O4S3/c1-27(39-26(36)28(29,30)31)9-11-34(12-10-27)17-20-15-32-25(41-20)21-14-19-4-2-5-22(24(19)33-21)35(16-18-7-8-18)42(37,38)23-6-3-13-40-23/h2-6,13-15,18,33H,7-12,16-17H2,1H3. The number of aromatic amines is 1. The number of nitrogens with zero attached hydrogens (tertiary/aromatic N) is 3. The zero-order valence-corrected chi connectivity index (χ0v) is 25.1. The minimum atomic E-state index is -5.00. The van der Waals surface area contributed by atoms with Crippen LogP contribution in [0.25, 0.3) is 21.6 Å². The summed E-state index contributed by atoms with van der Waals surface area (Å²) in [7, 11) is -3.72. The zero-order valence-electron chi connectivity index (χ0n) is 22.7. The predicted molar refractivity (Wildman–Crippen MR) is 156 cm³/mol. The number of hydrogen-bond acceptors (Lipinski definition) is 8. The van der Waals surface area contributed by atoms with E-state index >= 15 is 0 Å². The minimum Gasteiger partial charge on any atom is -0.453 e. The van der Waals surface area contributed by atoms with E-state index in [-0.39, 0.29) is 0 Å². The van der Waals surface area contributed by atoms with Gasteiger partial charge in [0.25, 0.3) is 10.0 Å². The number of benzene rings is 1. The summed E-state index contributed by atoms with van der Waals surface area (Å²) >= 11 is 2.71. The van der Waals surface area contributed by atoms with Crippen LogP contribution in [0, 0.1) is 5.92 Å². The summed E-state index contributed by atoms with van der Waals surface area (Å²) in [6.45, 7) is 3.51. The van der Waals surface area contributed by atoms with Gasteiger partial charge in [0.05, 0.1) is 16.9 Å². The molecule has 2 aliphatic rings. The number of thiophene rings is 1. The summed E-state index contributed by atoms with van der Waals surface area (Å²) in [6.07, 6.45) is -0.590. The average Bonchev–Trinajstić information content (AvgIpc) is 3.31. The molecule has 1 saturated heterocycles. The number of fused-ring (bicyclic) bond motifs is 1. The fourth-order valence-electron chi connectivity index (χ4n) is 5.14. The van der Waals surface area contributed by atoms with Crippen LogP contribution in [0.1, 0.15) is 37.5 Å². The van der Waals surface area contributed by atoms with Crippen molar-refractivity contribution in [2.75, 3.05) is 23.9 Å². The summed E-state index contributed by atoms with van der Waals surface area (Å²) in [4.78, 5) is 22.4. The van der Waals surface area contributed by atoms with E-state index < -0.39 is 27.8 Å². The molecular formula is C28H29F3N4O4S3. The van der Waals surface area contributed by atoms with Gasteiger partial charge in [0.15, 0.2) is 0 Å². The fraction of sp³-hybridized carbons (Fsp3) is 0.429. The summed E-state index contributed by atoms with van der Waals surface area (Å²) < 4.78 is 71.9. The summed E-state index contributed by atoms with van der Waals surface area (Å²) in [6, 6.07) is 11.0. The van der Waals surface area contributed by atoms with Gasteiger partial charge in [0.2, 0.25) is 0 Å². The number of halogens is 3. The number of anilines is 1. The quantitative estimate of drug-likeness (QED) is 0.213. The molecule has 14 heteroatoms. The molecule has 2 fully saturated rings. The van der Waals surface area contributed by atoms with Gasteiger partial charge in [-0.15, -0.1) is 22.7 Å². The van der Waals surface area contributed by atoms with Crippen molar-refractivity contribution < 1.29 is 31.1 Å². The zero-order chi connectivity index (χ0) is 29.7. The van der Waals surface area contributed by atoms with Crippen molar-refractivity contribution in [3.63, 3.8) is 0 Å². The van der Waals surface area contributed by atoms with E-state index in [2.05, 4.69) is 14.9 Å². The van der Waals surface area contributed by atoms with E-state index in [4.69, 9.17) is 4.74 Å². The molecule has 0 bridgehead atoms. The van der Waals surface area contributed by atoms with Gasteiger partial charge in [-0.3, -0.25) is 9.21 Å². The Bertz CT molecular complexity index is 1690. The maximum absolute atomic E-state index is 13.6. The van der Waals surface area contributed by atoms with Crippen LogP contribution in [-0.4, -0.2) is 60.7 Å². The highest BCUT2D eigenvalue weighted by atomic mass is 32.2. The van der Waals surface area contributed by atoms with Crippen LogP contribution in [0.5, 0.6) is 0 Å². The Kier molecular flexibility index (Phi) is 7.61. The SMILES string of the molecule is CC1(OC(=O)C(F)(F)F)CCN(Cc2cnc(-c3cc4cccc(N(CC5CC5)S(=O)(=O)c5cccs5)c4[nH]3)s2)CC1. The molecule has 0 spiro atoms. The number of likely N-dealkylation sites (tertiary alicyclic amines) is 1. The molecule has 3 aromatic heterocycles. The predicted octanol–water partition coefficient (Wildman–Crippen LogP) is 6.42. The lowest BCUT2D eigenvalue weighted by molar-refractivity contribution is -0.216. The Labute approximate surface area is 249 Å². The molecular weight excluding hydrogens is 610 g/mol. The van der Waals surface area contributed by atoms with Gasteiger partial charge in [0.1, 0.15) is 14.8 Å². The largest absolute Gasteiger partial charge is 0.490 e. The number of rotatable bonds is 9. The highest BCUT2D eigenvalue weighted by Crippen LogP contribution is 2.39. The van der Waals surface area contributed by atoms with Crippen molar-refractivity contribution in [2.24, 2.45) is 5.92 Å². The number of thiazole rings is 1. The van der Waals surface area contributed by atoms with E-state index in [1.54, 1.807) is 30.6 Å². The lowest BCUT2D eigenvalue weighted by Gasteiger charge is -2.38. The molecule has 1 aliphatic heterocycles. The van der Waals surface area contributed by atoms with Crippen LogP contribution in [0.4, 0.5) is 18.9 Å². The maximum Gasteiger partial charge on any atom is 0.490 e. The number of alkyl halides is 3. The first-order valence-corrected chi connectivity index (χ1v) is 16.7. The number of esters is 1. The second-order valence-electron chi connectivity index (χ2n) is 11.1. The normalized spacial score (nSPS) is 17.9. The number of aromatic nitrogens is 2. The van der Waals surface area contributed by atoms with E-state index in [0.29, 0.717) is 54.8 Å². The van der Waals surface area contributed by atoms with Gasteiger partial charge in [-0.2, -0.15) is 13.2 Å². The number of para-hydroxylation sites is 1. The lowest BCUT2D eigenvalue weighted by Crippen LogP contribution is -2.46. The second kappa shape index (κ2) is 11.0. The van der Waals surface area contributed by atoms with Crippen molar-refractivity contribution in [2.45, 2.75) is 55.1 Å². The number of H-pyrrole nitrogens is 1. The van der Waals surface area contributed by atoms with Gasteiger partial charge >= 0.3 is 12.1 Å². The van der Waals surface area contributed by atoms with Crippen LogP contribution < -0.4 is 4.31 Å². The monoisotopic (exact) mass is 638 g/mol. The molecule has 1 aromatic carbocycles. The van der Waals surface area contributed by atoms with Crippen molar-refractivity contribution >= 4 is 55.3 Å². The third-order valence-corrected chi connectivity index (χ3v) is 11.9. The highest BCUT2D eigenvalue weighted by Gasteiger charge is 2.46. The lowest BCUT2D eigenvalue weighted by atomic mass is 9.93. The number of nitrogens with one attached hydrogen (secondary N) is 1. The van der Waals surface area contributed by atoms with Gasteiger partial charge in [-0.05, 0) is 62.1 Å². The maximum atomic E-state index is 13.6. The van der Waals surface area contributed by atoms with Crippen molar-refractivity contribution in [3.8, 4) is 10.7 Å². The first kappa shape index (κ1) is 29.1. The van der Waals surface area contributed by atoms with Gasteiger partial charge < -0.3 is 9.72 Å². The van der Waals surface area contributed by atoms with Crippen molar-refractivity contribution in [1.82, 2.24) is 14.9 Å². The van der Waals surface area contributed by atoms with E-state index in [9.17, 15) is 26.4 Å². The summed E-state index contributed by atoms with van der Waals surface area (Å²) in [5.41, 5.74) is 0.972. The molecule has 4 aromatic rings. The van der Waals surface area contributed by atoms with Crippen LogP contribution in [-0.2, 0) is 26.1 Å². The number of carbonyl (C=O) groups excluding carboxylic acids is 1. The van der Waals surface area contributed by atoms with Crippen LogP contribution >= 0.6 is 22.7 Å². The van der Waals surface area contributed by atoms with Crippen LogP contribution in [0.2, 0.25) is 0 Å². The van der Waals surface area contributed by atoms with Crippen LogP contribution in [0.3, 0.4) is 0 Å². The molecule has 0 atom stereocenters. The molecule has 8 nitrogen and oxygen atoms in total. The summed E-state index contributed by atoms with van der Waals surface area (Å²) in [5.74, 6) is -1.80. The van der Waals surface area contributed by atoms with Crippen molar-refractivity contribution in [1.29, 1.82) is 0 Å².